The molecule has 1 fully saturated rings. The molecule has 0 spiro atoms. The van der Waals surface area contributed by atoms with Crippen molar-refractivity contribution in [2.75, 3.05) is 6.54 Å². The van der Waals surface area contributed by atoms with Crippen LogP contribution < -0.4 is 5.32 Å². The number of carbonyl (C=O) groups excluding carboxylic acids is 3. The number of hydrogen-bond acceptors (Lipinski definition) is 3. The van der Waals surface area contributed by atoms with E-state index in [-0.39, 0.29) is 42.4 Å². The number of benzene rings is 2. The van der Waals surface area contributed by atoms with Crippen molar-refractivity contribution in [3.63, 3.8) is 0 Å². The lowest BCUT2D eigenvalue weighted by Crippen LogP contribution is -2.46. The van der Waals surface area contributed by atoms with Crippen LogP contribution in [-0.4, -0.2) is 53.9 Å². The van der Waals surface area contributed by atoms with Crippen LogP contribution in [-0.2, 0) is 22.7 Å². The lowest BCUT2D eigenvalue weighted by molar-refractivity contribution is -0.139. The lowest BCUT2D eigenvalue weighted by Gasteiger charge is -2.24. The van der Waals surface area contributed by atoms with Gasteiger partial charge in [0.2, 0.25) is 11.8 Å². The van der Waals surface area contributed by atoms with Crippen molar-refractivity contribution in [2.45, 2.75) is 58.3 Å². The van der Waals surface area contributed by atoms with Crippen molar-refractivity contribution >= 4 is 48.2 Å². The summed E-state index contributed by atoms with van der Waals surface area (Å²) >= 11 is 5.80. The molecule has 1 saturated heterocycles. The molecule has 10 heteroatoms. The average molecular weight is 570 g/mol. The quantitative estimate of drug-likeness (QED) is 0.254. The van der Waals surface area contributed by atoms with Crippen LogP contribution in [0.1, 0.15) is 34.8 Å². The fourth-order valence-electron chi connectivity index (χ4n) is 4.58. The molecule has 6 nitrogen and oxygen atoms in total. The van der Waals surface area contributed by atoms with Gasteiger partial charge in [-0.2, -0.15) is 0 Å². The number of amides is 2. The number of hydrogen-bond donors (Lipinski definition) is 1. The van der Waals surface area contributed by atoms with E-state index >= 15 is 0 Å². The number of fused-ring (bicyclic) bond motifs is 1. The maximum Gasteiger partial charge on any atom is 0.243 e. The first-order valence-corrected chi connectivity index (χ1v) is 16.5. The largest absolute Gasteiger partial charge is 0.350 e. The molecular formula is C29H30ClF2N3O3Si. The van der Waals surface area contributed by atoms with Crippen molar-refractivity contribution in [1.82, 2.24) is 14.8 Å². The van der Waals surface area contributed by atoms with Gasteiger partial charge in [0.05, 0.1) is 11.6 Å². The predicted octanol–water partition coefficient (Wildman–Crippen LogP) is 5.12. The van der Waals surface area contributed by atoms with Gasteiger partial charge in [-0.15, -0.1) is 5.54 Å². The van der Waals surface area contributed by atoms with E-state index in [9.17, 15) is 23.2 Å². The molecule has 0 saturated carbocycles. The van der Waals surface area contributed by atoms with E-state index in [1.807, 2.05) is 18.2 Å². The van der Waals surface area contributed by atoms with Crippen molar-refractivity contribution in [2.24, 2.45) is 0 Å². The van der Waals surface area contributed by atoms with E-state index in [4.69, 9.17) is 11.6 Å². The molecule has 2 aromatic carbocycles. The molecule has 3 aromatic rings. The number of rotatable bonds is 6. The number of Topliss-reactive ketones (excluding diaryl/α,β-unsaturated/α-hetero) is 1. The number of aromatic nitrogens is 1. The van der Waals surface area contributed by atoms with Crippen LogP contribution in [0, 0.1) is 17.3 Å². The van der Waals surface area contributed by atoms with Gasteiger partial charge in [0, 0.05) is 46.8 Å². The van der Waals surface area contributed by atoms with Crippen LogP contribution in [0.25, 0.3) is 10.9 Å². The summed E-state index contributed by atoms with van der Waals surface area (Å²) in [6.45, 7) is 7.34. The summed E-state index contributed by atoms with van der Waals surface area (Å²) < 4.78 is 30.3. The number of alkyl halides is 1. The minimum atomic E-state index is -1.60. The van der Waals surface area contributed by atoms with E-state index in [0.29, 0.717) is 16.5 Å². The molecular weight excluding hydrogens is 540 g/mol. The summed E-state index contributed by atoms with van der Waals surface area (Å²) in [6.07, 6.45) is 0.0924. The van der Waals surface area contributed by atoms with Crippen LogP contribution in [0.5, 0.6) is 0 Å². The SMILES string of the molecule is CC(=O)c1cn(CC(=O)N2CC(F)CC2C(=O)NCc2cccc(Cl)c2F)c2ccc(C#C[Si](C)(C)C)cc12. The Morgan fingerprint density at radius 1 is 1.18 bits per heavy atom. The van der Waals surface area contributed by atoms with Crippen molar-refractivity contribution in [3.8, 4) is 11.5 Å². The summed E-state index contributed by atoms with van der Waals surface area (Å²) in [5.74, 6) is 1.36. The molecule has 1 N–H and O–H groups in total. The molecule has 0 radical (unpaired) electrons. The van der Waals surface area contributed by atoms with Gasteiger partial charge in [-0.25, -0.2) is 8.78 Å². The number of carbonyl (C=O) groups is 3. The van der Waals surface area contributed by atoms with Gasteiger partial charge < -0.3 is 14.8 Å². The van der Waals surface area contributed by atoms with Gasteiger partial charge in [0.25, 0.3) is 0 Å². The Bertz CT molecular complexity index is 1520. The summed E-state index contributed by atoms with van der Waals surface area (Å²) in [6, 6.07) is 8.92. The second-order valence-electron chi connectivity index (χ2n) is 10.8. The highest BCUT2D eigenvalue weighted by molar-refractivity contribution is 6.83. The van der Waals surface area contributed by atoms with E-state index in [0.717, 1.165) is 5.56 Å². The Hall–Kier alpha value is -3.48. The van der Waals surface area contributed by atoms with Gasteiger partial charge in [-0.3, -0.25) is 14.4 Å². The van der Waals surface area contributed by atoms with Gasteiger partial charge >= 0.3 is 0 Å². The van der Waals surface area contributed by atoms with Crippen LogP contribution in [0.3, 0.4) is 0 Å². The summed E-state index contributed by atoms with van der Waals surface area (Å²) in [5, 5.41) is 3.21. The molecule has 0 aliphatic carbocycles. The fraction of sp³-hybridized carbons (Fsp3) is 0.345. The van der Waals surface area contributed by atoms with Crippen LogP contribution in [0.15, 0.2) is 42.6 Å². The zero-order valence-electron chi connectivity index (χ0n) is 22.3. The third-order valence-electron chi connectivity index (χ3n) is 6.51. The summed E-state index contributed by atoms with van der Waals surface area (Å²) in [7, 11) is -1.60. The minimum Gasteiger partial charge on any atom is -0.350 e. The van der Waals surface area contributed by atoms with E-state index in [2.05, 4.69) is 36.4 Å². The third-order valence-corrected chi connectivity index (χ3v) is 7.67. The molecule has 204 valence electrons. The summed E-state index contributed by atoms with van der Waals surface area (Å²) in [4.78, 5) is 39.8. The second kappa shape index (κ2) is 11.3. The standard InChI is InChI=1S/C29H30ClF2N3O3Si/c1-18(36)23-16-34(25-9-8-19(12-22(23)25)10-11-39(2,3)4)17-27(37)35-15-21(31)13-26(35)29(38)33-14-20-6-5-7-24(30)28(20)32/h5-9,12,16,21,26H,13-15,17H2,1-4H3,(H,33,38). The number of nitrogens with zero attached hydrogens (tertiary/aromatic N) is 2. The van der Waals surface area contributed by atoms with Gasteiger partial charge in [0.1, 0.15) is 32.6 Å². The highest BCUT2D eigenvalue weighted by Gasteiger charge is 2.39. The zero-order chi connectivity index (χ0) is 28.5. The predicted molar refractivity (Wildman–Crippen MR) is 150 cm³/mol. The molecule has 39 heavy (non-hydrogen) atoms. The Kier molecular flexibility index (Phi) is 8.28. The second-order valence-corrected chi connectivity index (χ2v) is 15.9. The average Bonchev–Trinajstić information content (AvgIpc) is 3.43. The maximum atomic E-state index is 14.4. The van der Waals surface area contributed by atoms with Gasteiger partial charge in [0.15, 0.2) is 5.78 Å². The van der Waals surface area contributed by atoms with E-state index in [1.54, 1.807) is 16.8 Å². The first-order valence-electron chi connectivity index (χ1n) is 12.6. The van der Waals surface area contributed by atoms with Crippen LogP contribution in [0.2, 0.25) is 24.7 Å². The van der Waals surface area contributed by atoms with E-state index < -0.39 is 37.9 Å². The smallest absolute Gasteiger partial charge is 0.243 e. The van der Waals surface area contributed by atoms with Gasteiger partial charge in [-0.05, 0) is 31.2 Å². The molecule has 2 unspecified atom stereocenters. The van der Waals surface area contributed by atoms with Gasteiger partial charge in [-0.1, -0.05) is 49.3 Å². The molecule has 2 amide bonds. The topological polar surface area (TPSA) is 71.4 Å². The number of likely N-dealkylation sites (tertiary alicyclic amines) is 1. The Morgan fingerprint density at radius 3 is 2.62 bits per heavy atom. The molecule has 2 heterocycles. The number of ketones is 1. The highest BCUT2D eigenvalue weighted by atomic mass is 35.5. The maximum absolute atomic E-state index is 14.4. The molecule has 1 aliphatic heterocycles. The Morgan fingerprint density at radius 2 is 1.92 bits per heavy atom. The molecule has 1 aliphatic rings. The van der Waals surface area contributed by atoms with Crippen molar-refractivity contribution in [1.29, 1.82) is 0 Å². The summed E-state index contributed by atoms with van der Waals surface area (Å²) in [5.41, 5.74) is 5.40. The first kappa shape index (κ1) is 28.5. The molecule has 0 bridgehead atoms. The third kappa shape index (κ3) is 6.57. The van der Waals surface area contributed by atoms with Crippen molar-refractivity contribution < 1.29 is 23.2 Å². The number of halogens is 3. The lowest BCUT2D eigenvalue weighted by atomic mass is 10.1. The van der Waals surface area contributed by atoms with Crippen LogP contribution in [0.4, 0.5) is 8.78 Å². The molecule has 4 rings (SSSR count). The van der Waals surface area contributed by atoms with Crippen LogP contribution >= 0.6 is 11.6 Å². The highest BCUT2D eigenvalue weighted by Crippen LogP contribution is 2.26. The number of nitrogens with one attached hydrogen (secondary N) is 1. The molecule has 2 atom stereocenters. The normalized spacial score (nSPS) is 17.2. The van der Waals surface area contributed by atoms with Crippen molar-refractivity contribution in [3.05, 3.63) is 70.1 Å². The Labute approximate surface area is 232 Å². The van der Waals surface area contributed by atoms with E-state index in [1.165, 1.54) is 24.0 Å². The fourth-order valence-corrected chi connectivity index (χ4v) is 5.29. The monoisotopic (exact) mass is 569 g/mol. The minimum absolute atomic E-state index is 0.0673. The molecule has 1 aromatic heterocycles. The first-order chi connectivity index (χ1) is 18.3. The zero-order valence-corrected chi connectivity index (χ0v) is 24.0. The Balaban J connectivity index is 1.54.